The molecule has 0 rings (SSSR count). The first-order valence-electron chi connectivity index (χ1n) is 6.55. The van der Waals surface area contributed by atoms with Crippen molar-refractivity contribution >= 4 is 5.97 Å². The summed E-state index contributed by atoms with van der Waals surface area (Å²) in [4.78, 5) is 11.0. The van der Waals surface area contributed by atoms with Crippen molar-refractivity contribution in [1.82, 2.24) is 0 Å². The molecular formula is C12H7F15O2. The number of rotatable bonds is 7. The molecule has 17 heteroatoms. The molecule has 0 aliphatic rings. The molecule has 0 aliphatic carbocycles. The van der Waals surface area contributed by atoms with E-state index in [-0.39, 0.29) is 0 Å². The summed E-state index contributed by atoms with van der Waals surface area (Å²) >= 11 is 0. The number of hydrogen-bond acceptors (Lipinski definition) is 2. The van der Waals surface area contributed by atoms with Crippen molar-refractivity contribution in [1.29, 1.82) is 0 Å². The lowest BCUT2D eigenvalue weighted by atomic mass is 9.92. The Hall–Kier alpha value is -1.84. The smallest absolute Gasteiger partial charge is 0.434 e. The molecule has 0 radical (unpaired) electrons. The number of alkyl halides is 15. The van der Waals surface area contributed by atoms with Gasteiger partial charge in [0.1, 0.15) is 5.57 Å². The van der Waals surface area contributed by atoms with Crippen LogP contribution in [-0.4, -0.2) is 54.3 Å². The molecule has 0 amide bonds. The molecule has 0 bridgehead atoms. The third kappa shape index (κ3) is 4.67. The van der Waals surface area contributed by atoms with Gasteiger partial charge >= 0.3 is 42.0 Å². The van der Waals surface area contributed by atoms with E-state index in [4.69, 9.17) is 0 Å². The van der Waals surface area contributed by atoms with Crippen molar-refractivity contribution in [3.8, 4) is 0 Å². The van der Waals surface area contributed by atoms with E-state index in [0.29, 0.717) is 0 Å². The fourth-order valence-corrected chi connectivity index (χ4v) is 1.47. The highest BCUT2D eigenvalue weighted by molar-refractivity contribution is 5.90. The van der Waals surface area contributed by atoms with E-state index in [9.17, 15) is 70.7 Å². The zero-order valence-corrected chi connectivity index (χ0v) is 13.3. The molecular weight excluding hydrogens is 461 g/mol. The Bertz CT molecular complexity index is 614. The highest BCUT2D eigenvalue weighted by Gasteiger charge is 2.83. The summed E-state index contributed by atoms with van der Waals surface area (Å²) in [5.41, 5.74) is -3.46. The summed E-state index contributed by atoms with van der Waals surface area (Å²) < 4.78 is 194. The van der Waals surface area contributed by atoms with Gasteiger partial charge < -0.3 is 4.74 Å². The van der Waals surface area contributed by atoms with Gasteiger partial charge in [-0.25, -0.2) is 9.18 Å². The molecule has 29 heavy (non-hydrogen) atoms. The van der Waals surface area contributed by atoms with Crippen LogP contribution in [-0.2, 0) is 9.53 Å². The first-order chi connectivity index (χ1) is 12.4. The third-order valence-electron chi connectivity index (χ3n) is 3.15. The monoisotopic (exact) mass is 468 g/mol. The Labute approximate surface area is 150 Å². The zero-order chi connectivity index (χ0) is 24.0. The van der Waals surface area contributed by atoms with Gasteiger partial charge in [0.2, 0.25) is 0 Å². The van der Waals surface area contributed by atoms with E-state index >= 15 is 0 Å². The standard InChI is InChI=1S/C12H7F15O2/c1-3(5(28)29-6(9(18,19)20)10(21,22)23)7(14,15)11(24,25)12(26,27)8(16,17)4(2)13/h4,6H,1H2,2H3. The quantitative estimate of drug-likeness (QED) is 0.281. The topological polar surface area (TPSA) is 26.3 Å². The molecule has 0 N–H and O–H groups in total. The summed E-state index contributed by atoms with van der Waals surface area (Å²) in [6.45, 7) is 1.20. The number of esters is 1. The number of carbonyl (C=O) groups is 1. The summed E-state index contributed by atoms with van der Waals surface area (Å²) in [5, 5.41) is 0. The zero-order valence-electron chi connectivity index (χ0n) is 13.3. The molecule has 1 unspecified atom stereocenters. The average molecular weight is 468 g/mol. The molecule has 0 saturated carbocycles. The first kappa shape index (κ1) is 27.2. The van der Waals surface area contributed by atoms with Gasteiger partial charge in [-0.2, -0.15) is 61.5 Å². The predicted molar refractivity (Wildman–Crippen MR) is 61.5 cm³/mol. The first-order valence-corrected chi connectivity index (χ1v) is 6.55. The van der Waals surface area contributed by atoms with Crippen molar-refractivity contribution in [3.05, 3.63) is 12.2 Å². The maximum atomic E-state index is 13.5. The van der Waals surface area contributed by atoms with E-state index < -0.39 is 66.8 Å². The van der Waals surface area contributed by atoms with Gasteiger partial charge in [0, 0.05) is 0 Å². The molecule has 0 aromatic heterocycles. The fourth-order valence-electron chi connectivity index (χ4n) is 1.47. The Balaban J connectivity index is 6.08. The van der Waals surface area contributed by atoms with Crippen LogP contribution in [0.5, 0.6) is 0 Å². The lowest BCUT2D eigenvalue weighted by molar-refractivity contribution is -0.367. The highest BCUT2D eigenvalue weighted by Crippen LogP contribution is 2.56. The van der Waals surface area contributed by atoms with Crippen LogP contribution in [0.3, 0.4) is 0 Å². The molecule has 2 nitrogen and oxygen atoms in total. The fraction of sp³-hybridized carbons (Fsp3) is 0.750. The Morgan fingerprint density at radius 3 is 1.38 bits per heavy atom. The maximum absolute atomic E-state index is 13.5. The second kappa shape index (κ2) is 7.45. The van der Waals surface area contributed by atoms with Crippen molar-refractivity contribution < 1.29 is 75.4 Å². The van der Waals surface area contributed by atoms with Crippen LogP contribution < -0.4 is 0 Å². The number of halogens is 15. The maximum Gasteiger partial charge on any atom is 0.434 e. The molecule has 0 heterocycles. The third-order valence-corrected chi connectivity index (χ3v) is 3.15. The molecule has 172 valence electrons. The second-order valence-electron chi connectivity index (χ2n) is 5.31. The van der Waals surface area contributed by atoms with E-state index in [0.717, 1.165) is 0 Å². The minimum absolute atomic E-state index is 0.442. The molecule has 0 fully saturated rings. The van der Waals surface area contributed by atoms with E-state index in [2.05, 4.69) is 4.74 Å². The average Bonchev–Trinajstić information content (AvgIpc) is 2.48. The van der Waals surface area contributed by atoms with Crippen LogP contribution in [0.25, 0.3) is 0 Å². The van der Waals surface area contributed by atoms with Gasteiger partial charge in [-0.3, -0.25) is 0 Å². The summed E-state index contributed by atoms with van der Waals surface area (Å²) in [6, 6.07) is 0. The van der Waals surface area contributed by atoms with E-state index in [1.165, 1.54) is 0 Å². The van der Waals surface area contributed by atoms with Crippen LogP contribution in [0.15, 0.2) is 12.2 Å². The summed E-state index contributed by atoms with van der Waals surface area (Å²) in [6.07, 6.45) is -22.4. The minimum Gasteiger partial charge on any atom is -0.439 e. The van der Waals surface area contributed by atoms with Gasteiger partial charge in [-0.1, -0.05) is 6.58 Å². The largest absolute Gasteiger partial charge is 0.439 e. The van der Waals surface area contributed by atoms with Crippen LogP contribution in [0.1, 0.15) is 6.92 Å². The van der Waals surface area contributed by atoms with Crippen molar-refractivity contribution in [2.24, 2.45) is 0 Å². The second-order valence-corrected chi connectivity index (χ2v) is 5.31. The summed E-state index contributed by atoms with van der Waals surface area (Å²) in [7, 11) is 0. The summed E-state index contributed by atoms with van der Waals surface area (Å²) in [5.74, 6) is -31.7. The normalized spacial score (nSPS) is 16.0. The lowest BCUT2D eigenvalue weighted by Gasteiger charge is -2.37. The Kier molecular flexibility index (Phi) is 6.97. The van der Waals surface area contributed by atoms with Gasteiger partial charge in [0.05, 0.1) is 0 Å². The van der Waals surface area contributed by atoms with Gasteiger partial charge in [0.25, 0.3) is 6.10 Å². The molecule has 0 aromatic rings. The molecule has 0 saturated heterocycles. The van der Waals surface area contributed by atoms with Crippen molar-refractivity contribution in [2.75, 3.05) is 0 Å². The molecule has 0 aromatic carbocycles. The van der Waals surface area contributed by atoms with Gasteiger partial charge in [0.15, 0.2) is 6.17 Å². The van der Waals surface area contributed by atoms with Crippen molar-refractivity contribution in [3.63, 3.8) is 0 Å². The minimum atomic E-state index is -7.41. The van der Waals surface area contributed by atoms with E-state index in [1.807, 2.05) is 0 Å². The highest BCUT2D eigenvalue weighted by atomic mass is 19.4. The Morgan fingerprint density at radius 1 is 0.759 bits per heavy atom. The molecule has 1 atom stereocenters. The van der Waals surface area contributed by atoms with Crippen molar-refractivity contribution in [2.45, 2.75) is 55.2 Å². The number of ether oxygens (including phenoxy) is 1. The molecule has 0 spiro atoms. The SMILES string of the molecule is C=C(C(=O)OC(C(F)(F)F)C(F)(F)F)C(F)(F)C(F)(F)C(F)(F)C(F)(F)C(C)F. The van der Waals surface area contributed by atoms with Crippen LogP contribution in [0.2, 0.25) is 0 Å². The predicted octanol–water partition coefficient (Wildman–Crippen LogP) is 5.48. The molecule has 0 aliphatic heterocycles. The number of hydrogen-bond donors (Lipinski definition) is 0. The van der Waals surface area contributed by atoms with Crippen LogP contribution in [0.4, 0.5) is 65.9 Å². The van der Waals surface area contributed by atoms with Crippen LogP contribution in [0, 0.1) is 0 Å². The van der Waals surface area contributed by atoms with Gasteiger partial charge in [-0.05, 0) is 6.92 Å². The lowest BCUT2D eigenvalue weighted by Crippen LogP contribution is -2.65. The number of carbonyl (C=O) groups excluding carboxylic acids is 1. The van der Waals surface area contributed by atoms with Gasteiger partial charge in [-0.15, -0.1) is 0 Å². The Morgan fingerprint density at radius 2 is 1.10 bits per heavy atom. The van der Waals surface area contributed by atoms with E-state index in [1.54, 1.807) is 6.58 Å². The van der Waals surface area contributed by atoms with Crippen LogP contribution >= 0.6 is 0 Å².